The molecule has 0 amide bonds. The molecule has 4 rings (SSSR count). The molecule has 0 heterocycles. The maximum Gasteiger partial charge on any atom is 0.303 e. The van der Waals surface area contributed by atoms with Gasteiger partial charge in [-0.1, -0.05) is 34.6 Å². The number of carboxylic acid groups (broad SMARTS) is 1. The first-order chi connectivity index (χ1) is 14.2. The molecule has 4 aliphatic rings. The second kappa shape index (κ2) is 8.74. The molecule has 170 valence electrons. The van der Waals surface area contributed by atoms with E-state index in [1.807, 2.05) is 13.8 Å². The van der Waals surface area contributed by atoms with Crippen LogP contribution in [0.15, 0.2) is 0 Å². The van der Waals surface area contributed by atoms with Crippen LogP contribution in [0.3, 0.4) is 0 Å². The molecule has 8 atom stereocenters. The fourth-order valence-electron chi connectivity index (χ4n) is 8.25. The van der Waals surface area contributed by atoms with Crippen molar-refractivity contribution in [3.63, 3.8) is 0 Å². The van der Waals surface area contributed by atoms with E-state index in [1.54, 1.807) is 0 Å². The molecule has 0 aliphatic heterocycles. The molecule has 30 heavy (non-hydrogen) atoms. The Morgan fingerprint density at radius 2 is 1.70 bits per heavy atom. The zero-order valence-electron chi connectivity index (χ0n) is 19.7. The summed E-state index contributed by atoms with van der Waals surface area (Å²) in [6.45, 7) is 11.0. The van der Waals surface area contributed by atoms with Gasteiger partial charge in [-0.25, -0.2) is 0 Å². The predicted molar refractivity (Wildman–Crippen MR) is 118 cm³/mol. The van der Waals surface area contributed by atoms with Gasteiger partial charge in [-0.05, 0) is 78.9 Å². The van der Waals surface area contributed by atoms with E-state index >= 15 is 0 Å². The molecule has 4 saturated carbocycles. The number of carbonyl (C=O) groups excluding carboxylic acids is 2. The highest BCUT2D eigenvalue weighted by Crippen LogP contribution is 2.67. The van der Waals surface area contributed by atoms with Gasteiger partial charge in [0.1, 0.15) is 11.6 Å². The third-order valence-corrected chi connectivity index (χ3v) is 9.86. The topological polar surface area (TPSA) is 71.4 Å². The standard InChI is InChI=1S/C24H36O4.C2H6/c1-14(4-7-21(27)28)17-5-6-18-22-19(9-11-24(17,18)3)23(2)10-8-16(25)12-15(23)13-20(22)26;1-2/h14-15,17-19,22H,4-13H2,1-3H3,(H,27,28);1-2H3/t14-,15?,17?,18?,19?,22?,23?,24?;/m1./s1. The molecule has 4 fully saturated rings. The van der Waals surface area contributed by atoms with Crippen molar-refractivity contribution in [1.29, 1.82) is 0 Å². The van der Waals surface area contributed by atoms with Gasteiger partial charge in [-0.2, -0.15) is 0 Å². The highest BCUT2D eigenvalue weighted by Gasteiger charge is 2.63. The summed E-state index contributed by atoms with van der Waals surface area (Å²) in [5, 5.41) is 9.08. The normalized spacial score (nSPS) is 43.6. The average molecular weight is 419 g/mol. The highest BCUT2D eigenvalue weighted by molar-refractivity contribution is 5.86. The van der Waals surface area contributed by atoms with Crippen LogP contribution in [0, 0.1) is 46.3 Å². The third-order valence-electron chi connectivity index (χ3n) is 9.86. The van der Waals surface area contributed by atoms with E-state index in [0.717, 1.165) is 38.5 Å². The number of rotatable bonds is 4. The Morgan fingerprint density at radius 3 is 2.37 bits per heavy atom. The number of aliphatic carboxylic acids is 1. The molecule has 0 spiro atoms. The maximum atomic E-state index is 13.3. The minimum Gasteiger partial charge on any atom is -0.481 e. The second-order valence-corrected chi connectivity index (χ2v) is 11.0. The summed E-state index contributed by atoms with van der Waals surface area (Å²) in [7, 11) is 0. The molecule has 0 radical (unpaired) electrons. The van der Waals surface area contributed by atoms with Gasteiger partial charge in [-0.3, -0.25) is 14.4 Å². The van der Waals surface area contributed by atoms with Crippen LogP contribution in [0.25, 0.3) is 0 Å². The molecule has 4 aliphatic carbocycles. The van der Waals surface area contributed by atoms with Crippen LogP contribution in [-0.2, 0) is 14.4 Å². The lowest BCUT2D eigenvalue weighted by Crippen LogP contribution is -2.57. The Morgan fingerprint density at radius 1 is 1.03 bits per heavy atom. The monoisotopic (exact) mass is 418 g/mol. The van der Waals surface area contributed by atoms with Gasteiger partial charge in [0.15, 0.2) is 0 Å². The van der Waals surface area contributed by atoms with Gasteiger partial charge in [0.25, 0.3) is 0 Å². The van der Waals surface area contributed by atoms with E-state index in [2.05, 4.69) is 20.8 Å². The van der Waals surface area contributed by atoms with Crippen LogP contribution < -0.4 is 0 Å². The molecule has 4 heteroatoms. The Labute approximate surface area is 182 Å². The van der Waals surface area contributed by atoms with Crippen molar-refractivity contribution in [2.45, 2.75) is 98.8 Å². The van der Waals surface area contributed by atoms with Crippen molar-refractivity contribution in [1.82, 2.24) is 0 Å². The van der Waals surface area contributed by atoms with Crippen molar-refractivity contribution in [3.8, 4) is 0 Å². The molecule has 0 aromatic carbocycles. The molecule has 4 nitrogen and oxygen atoms in total. The maximum absolute atomic E-state index is 13.3. The van der Waals surface area contributed by atoms with E-state index in [0.29, 0.717) is 54.5 Å². The van der Waals surface area contributed by atoms with Crippen molar-refractivity contribution in [2.24, 2.45) is 46.3 Å². The molecule has 0 aromatic rings. The lowest BCUT2D eigenvalue weighted by atomic mass is 9.44. The summed E-state index contributed by atoms with van der Waals surface area (Å²) >= 11 is 0. The summed E-state index contributed by atoms with van der Waals surface area (Å²) in [4.78, 5) is 36.4. The number of carboxylic acids is 1. The molecule has 0 aromatic heterocycles. The first kappa shape index (κ1) is 23.5. The Kier molecular flexibility index (Phi) is 6.84. The lowest BCUT2D eigenvalue weighted by Gasteiger charge is -2.59. The quantitative estimate of drug-likeness (QED) is 0.615. The van der Waals surface area contributed by atoms with Crippen LogP contribution in [0.1, 0.15) is 98.8 Å². The SMILES string of the molecule is CC.C[C@H](CCC(=O)O)C1CCC2C3C(=O)CC4CC(=O)CCC4(C)C3CCC21C. The van der Waals surface area contributed by atoms with Crippen molar-refractivity contribution in [2.75, 3.05) is 0 Å². The molecule has 0 bridgehead atoms. The second-order valence-electron chi connectivity index (χ2n) is 11.0. The first-order valence-corrected chi connectivity index (χ1v) is 12.4. The van der Waals surface area contributed by atoms with Gasteiger partial charge in [0.2, 0.25) is 0 Å². The third kappa shape index (κ3) is 3.77. The number of fused-ring (bicyclic) bond motifs is 5. The molecular weight excluding hydrogens is 376 g/mol. The Hall–Kier alpha value is -1.19. The van der Waals surface area contributed by atoms with E-state index < -0.39 is 5.97 Å². The van der Waals surface area contributed by atoms with Crippen molar-refractivity contribution in [3.05, 3.63) is 0 Å². The van der Waals surface area contributed by atoms with Gasteiger partial charge in [-0.15, -0.1) is 0 Å². The zero-order valence-corrected chi connectivity index (χ0v) is 19.7. The van der Waals surface area contributed by atoms with E-state index in [-0.39, 0.29) is 29.1 Å². The number of ketones is 2. The summed E-state index contributed by atoms with van der Waals surface area (Å²) in [5.41, 5.74) is 0.323. The van der Waals surface area contributed by atoms with Crippen LogP contribution >= 0.6 is 0 Å². The summed E-state index contributed by atoms with van der Waals surface area (Å²) in [6.07, 6.45) is 8.38. The smallest absolute Gasteiger partial charge is 0.303 e. The van der Waals surface area contributed by atoms with Crippen LogP contribution in [0.5, 0.6) is 0 Å². The molecule has 0 saturated heterocycles. The molecule has 1 N–H and O–H groups in total. The average Bonchev–Trinajstić information content (AvgIpc) is 3.06. The van der Waals surface area contributed by atoms with Crippen LogP contribution in [0.4, 0.5) is 0 Å². The Bertz CT molecular complexity index is 685. The summed E-state index contributed by atoms with van der Waals surface area (Å²) < 4.78 is 0. The number of carbonyl (C=O) groups is 3. The number of hydrogen-bond acceptors (Lipinski definition) is 3. The van der Waals surface area contributed by atoms with Crippen molar-refractivity contribution < 1.29 is 19.5 Å². The van der Waals surface area contributed by atoms with Gasteiger partial charge in [0, 0.05) is 31.6 Å². The Balaban J connectivity index is 0.00000124. The van der Waals surface area contributed by atoms with Gasteiger partial charge < -0.3 is 5.11 Å². The fourth-order valence-corrected chi connectivity index (χ4v) is 8.25. The van der Waals surface area contributed by atoms with Crippen LogP contribution in [-0.4, -0.2) is 22.6 Å². The highest BCUT2D eigenvalue weighted by atomic mass is 16.4. The summed E-state index contributed by atoms with van der Waals surface area (Å²) in [6, 6.07) is 0. The lowest BCUT2D eigenvalue weighted by molar-refractivity contribution is -0.159. The summed E-state index contributed by atoms with van der Waals surface area (Å²) in [5.74, 6) is 2.33. The van der Waals surface area contributed by atoms with Crippen molar-refractivity contribution >= 4 is 17.5 Å². The van der Waals surface area contributed by atoms with Crippen LogP contribution in [0.2, 0.25) is 0 Å². The number of hydrogen-bond donors (Lipinski definition) is 1. The molecule has 7 unspecified atom stereocenters. The van der Waals surface area contributed by atoms with E-state index in [4.69, 9.17) is 5.11 Å². The molecular formula is C26H42O4. The van der Waals surface area contributed by atoms with Gasteiger partial charge in [0.05, 0.1) is 0 Å². The number of Topliss-reactive ketones (excluding diaryl/α,β-unsaturated/α-hetero) is 2. The minimum atomic E-state index is -0.705. The van der Waals surface area contributed by atoms with E-state index in [9.17, 15) is 14.4 Å². The fraction of sp³-hybridized carbons (Fsp3) is 0.885. The zero-order chi connectivity index (χ0) is 22.3. The minimum absolute atomic E-state index is 0.154. The first-order valence-electron chi connectivity index (χ1n) is 12.4. The van der Waals surface area contributed by atoms with Gasteiger partial charge >= 0.3 is 5.97 Å². The predicted octanol–water partition coefficient (Wildman–Crippen LogP) is 5.92. The largest absolute Gasteiger partial charge is 0.481 e. The van der Waals surface area contributed by atoms with E-state index in [1.165, 1.54) is 0 Å².